The van der Waals surface area contributed by atoms with Crippen molar-refractivity contribution in [2.75, 3.05) is 16.8 Å². The van der Waals surface area contributed by atoms with E-state index in [4.69, 9.17) is 0 Å². The molecule has 2 amide bonds. The van der Waals surface area contributed by atoms with E-state index in [0.717, 1.165) is 14.7 Å². The lowest BCUT2D eigenvalue weighted by molar-refractivity contribution is -0.115. The highest BCUT2D eigenvalue weighted by atomic mass is 79.9. The number of fused-ring (bicyclic) bond motifs is 1. The maximum absolute atomic E-state index is 12.2. The number of nitrogens with zero attached hydrogens (tertiary/aromatic N) is 3. The lowest BCUT2D eigenvalue weighted by Gasteiger charge is -2.01. The second-order valence-electron chi connectivity index (χ2n) is 5.28. The van der Waals surface area contributed by atoms with Gasteiger partial charge in [-0.3, -0.25) is 9.59 Å². The van der Waals surface area contributed by atoms with Gasteiger partial charge in [-0.15, -0.1) is 29.7 Å². The van der Waals surface area contributed by atoms with Crippen LogP contribution in [0.3, 0.4) is 0 Å². The van der Waals surface area contributed by atoms with E-state index in [1.165, 1.54) is 34.4 Å². The molecule has 0 atom stereocenters. The zero-order chi connectivity index (χ0) is 19.2. The number of carbonyl (C=O) groups excluding carboxylic acids is 2. The van der Waals surface area contributed by atoms with Gasteiger partial charge in [-0.1, -0.05) is 33.3 Å². The Labute approximate surface area is 176 Å². The Morgan fingerprint density at radius 3 is 3.00 bits per heavy atom. The van der Waals surface area contributed by atoms with E-state index < -0.39 is 0 Å². The first-order valence-corrected chi connectivity index (χ1v) is 11.5. The molecular formula is C17H15BrN4O2S3. The molecule has 27 heavy (non-hydrogen) atoms. The smallest absolute Gasteiger partial charge is 0.258 e. The fourth-order valence-corrected chi connectivity index (χ4v) is 5.00. The van der Waals surface area contributed by atoms with Crippen molar-refractivity contribution in [3.8, 4) is 0 Å². The minimum absolute atomic E-state index is 0.136. The highest BCUT2D eigenvalue weighted by molar-refractivity contribution is 9.10. The molecule has 1 aromatic carbocycles. The number of hydrogen-bond donors (Lipinski definition) is 1. The third kappa shape index (κ3) is 5.38. The largest absolute Gasteiger partial charge is 0.313 e. The van der Waals surface area contributed by atoms with Gasteiger partial charge in [0.25, 0.3) is 5.91 Å². The summed E-state index contributed by atoms with van der Waals surface area (Å²) in [5, 5.41) is 5.02. The van der Waals surface area contributed by atoms with E-state index in [1.54, 1.807) is 17.7 Å². The predicted octanol–water partition coefficient (Wildman–Crippen LogP) is 3.91. The quantitative estimate of drug-likeness (QED) is 0.517. The van der Waals surface area contributed by atoms with Crippen molar-refractivity contribution in [3.05, 3.63) is 51.7 Å². The number of halogens is 1. The molecule has 2 aromatic heterocycles. The molecular weight excluding hydrogens is 468 g/mol. The van der Waals surface area contributed by atoms with E-state index in [-0.39, 0.29) is 23.3 Å². The lowest BCUT2D eigenvalue weighted by Crippen LogP contribution is -2.18. The summed E-state index contributed by atoms with van der Waals surface area (Å²) >= 11 is 7.49. The normalized spacial score (nSPS) is 11.7. The van der Waals surface area contributed by atoms with E-state index in [0.29, 0.717) is 16.5 Å². The Morgan fingerprint density at radius 1 is 1.41 bits per heavy atom. The van der Waals surface area contributed by atoms with Gasteiger partial charge >= 0.3 is 0 Å². The maximum Gasteiger partial charge on any atom is 0.258 e. The van der Waals surface area contributed by atoms with E-state index >= 15 is 0 Å². The number of nitrogens with one attached hydrogen (secondary N) is 1. The maximum atomic E-state index is 12.2. The summed E-state index contributed by atoms with van der Waals surface area (Å²) in [7, 11) is 0. The molecule has 0 aliphatic carbocycles. The number of allylic oxidation sites excluding steroid dienone is 1. The van der Waals surface area contributed by atoms with Crippen molar-refractivity contribution in [2.45, 2.75) is 6.54 Å². The summed E-state index contributed by atoms with van der Waals surface area (Å²) in [6.45, 7) is 4.34. The highest BCUT2D eigenvalue weighted by Gasteiger charge is 2.09. The van der Waals surface area contributed by atoms with Crippen LogP contribution < -0.4 is 10.1 Å². The monoisotopic (exact) mass is 482 g/mol. The molecule has 0 radical (unpaired) electrons. The van der Waals surface area contributed by atoms with Gasteiger partial charge < -0.3 is 9.88 Å². The molecule has 0 fully saturated rings. The average Bonchev–Trinajstić information content (AvgIpc) is 3.23. The van der Waals surface area contributed by atoms with Gasteiger partial charge in [-0.2, -0.15) is 4.99 Å². The topological polar surface area (TPSA) is 76.3 Å². The van der Waals surface area contributed by atoms with E-state index in [9.17, 15) is 9.59 Å². The van der Waals surface area contributed by atoms with Crippen LogP contribution >= 0.6 is 50.4 Å². The third-order valence-electron chi connectivity index (χ3n) is 3.31. The van der Waals surface area contributed by atoms with Crippen LogP contribution in [0.1, 0.15) is 0 Å². The van der Waals surface area contributed by atoms with Gasteiger partial charge in [0.15, 0.2) is 9.93 Å². The Morgan fingerprint density at radius 2 is 2.26 bits per heavy atom. The number of carbonyl (C=O) groups is 2. The van der Waals surface area contributed by atoms with Crippen LogP contribution in [0, 0.1) is 0 Å². The summed E-state index contributed by atoms with van der Waals surface area (Å²) < 4.78 is 3.96. The van der Waals surface area contributed by atoms with Gasteiger partial charge in [0, 0.05) is 22.6 Å². The van der Waals surface area contributed by atoms with Crippen molar-refractivity contribution < 1.29 is 9.59 Å². The van der Waals surface area contributed by atoms with Crippen molar-refractivity contribution in [3.63, 3.8) is 0 Å². The van der Waals surface area contributed by atoms with Crippen molar-refractivity contribution in [1.29, 1.82) is 0 Å². The molecule has 0 aliphatic rings. The number of aromatic nitrogens is 2. The number of amides is 2. The molecule has 0 aliphatic heterocycles. The minimum Gasteiger partial charge on any atom is -0.313 e. The molecule has 3 rings (SSSR count). The first-order chi connectivity index (χ1) is 13.1. The number of anilines is 1. The fraction of sp³-hybridized carbons (Fsp3) is 0.176. The molecule has 0 unspecified atom stereocenters. The fourth-order valence-electron chi connectivity index (χ4n) is 2.25. The van der Waals surface area contributed by atoms with Crippen LogP contribution in [0.15, 0.2) is 51.9 Å². The van der Waals surface area contributed by atoms with Gasteiger partial charge in [-0.25, -0.2) is 4.98 Å². The summed E-state index contributed by atoms with van der Waals surface area (Å²) in [6.07, 6.45) is 3.40. The van der Waals surface area contributed by atoms with Crippen molar-refractivity contribution >= 4 is 77.5 Å². The SMILES string of the molecule is C=CCn1c(=NC(=O)CSCC(=O)Nc2nccs2)sc2cc(Br)ccc21. The predicted molar refractivity (Wildman–Crippen MR) is 116 cm³/mol. The van der Waals surface area contributed by atoms with Gasteiger partial charge in [0.1, 0.15) is 0 Å². The van der Waals surface area contributed by atoms with Crippen LogP contribution in [0.5, 0.6) is 0 Å². The Hall–Kier alpha value is -1.75. The van der Waals surface area contributed by atoms with Crippen LogP contribution in [0.4, 0.5) is 5.13 Å². The zero-order valence-electron chi connectivity index (χ0n) is 14.1. The number of benzene rings is 1. The molecule has 10 heteroatoms. The molecule has 6 nitrogen and oxygen atoms in total. The first-order valence-electron chi connectivity index (χ1n) is 7.81. The number of rotatable bonds is 7. The Bertz CT molecular complexity index is 1040. The number of hydrogen-bond acceptors (Lipinski definition) is 6. The van der Waals surface area contributed by atoms with Gasteiger partial charge in [-0.05, 0) is 18.2 Å². The summed E-state index contributed by atoms with van der Waals surface area (Å²) in [6, 6.07) is 5.94. The second kappa shape index (κ2) is 9.45. The van der Waals surface area contributed by atoms with Crippen LogP contribution in [-0.4, -0.2) is 32.9 Å². The number of thiazole rings is 2. The lowest BCUT2D eigenvalue weighted by atomic mass is 10.3. The molecule has 2 heterocycles. The summed E-state index contributed by atoms with van der Waals surface area (Å²) in [4.78, 5) is 32.9. The molecule has 0 spiro atoms. The number of thioether (sulfide) groups is 1. The molecule has 0 saturated heterocycles. The third-order valence-corrected chi connectivity index (χ3v) is 6.45. The highest BCUT2D eigenvalue weighted by Crippen LogP contribution is 2.22. The molecule has 0 bridgehead atoms. The van der Waals surface area contributed by atoms with Gasteiger partial charge in [0.05, 0.1) is 21.7 Å². The van der Waals surface area contributed by atoms with Gasteiger partial charge in [0.2, 0.25) is 5.91 Å². The zero-order valence-corrected chi connectivity index (χ0v) is 18.1. The minimum atomic E-state index is -0.273. The van der Waals surface area contributed by atoms with Crippen molar-refractivity contribution in [1.82, 2.24) is 9.55 Å². The average molecular weight is 483 g/mol. The van der Waals surface area contributed by atoms with E-state index in [1.807, 2.05) is 22.8 Å². The van der Waals surface area contributed by atoms with Crippen LogP contribution in [0.2, 0.25) is 0 Å². The van der Waals surface area contributed by atoms with Crippen LogP contribution in [0.25, 0.3) is 10.2 Å². The van der Waals surface area contributed by atoms with Crippen molar-refractivity contribution in [2.24, 2.45) is 4.99 Å². The van der Waals surface area contributed by atoms with E-state index in [2.05, 4.69) is 37.8 Å². The molecule has 140 valence electrons. The second-order valence-corrected chi connectivity index (χ2v) is 9.08. The Balaban J connectivity index is 1.66. The first kappa shape index (κ1) is 20.0. The molecule has 3 aromatic rings. The standard InChI is InChI=1S/C17H15BrN4O2S3/c1-2-6-22-12-4-3-11(18)8-13(12)27-17(22)21-15(24)10-25-9-14(23)20-16-19-5-7-26-16/h2-5,7-8H,1,6,9-10H2,(H,19,20,23). The Kier molecular flexibility index (Phi) is 7.00. The summed E-state index contributed by atoms with van der Waals surface area (Å²) in [5.41, 5.74) is 1.00. The molecule has 1 N–H and O–H groups in total. The molecule has 0 saturated carbocycles. The summed E-state index contributed by atoms with van der Waals surface area (Å²) in [5.74, 6) is -0.147. The van der Waals surface area contributed by atoms with Crippen LogP contribution in [-0.2, 0) is 16.1 Å².